The quantitative estimate of drug-likeness (QED) is 0.489. The van der Waals surface area contributed by atoms with E-state index in [9.17, 15) is 9.18 Å². The summed E-state index contributed by atoms with van der Waals surface area (Å²) in [5, 5.41) is 12.3. The van der Waals surface area contributed by atoms with Crippen LogP contribution in [0.2, 0.25) is 0 Å². The second kappa shape index (κ2) is 8.07. The first-order chi connectivity index (χ1) is 13.1. The second-order valence-corrected chi connectivity index (χ2v) is 9.64. The van der Waals surface area contributed by atoms with E-state index in [1.807, 2.05) is 6.07 Å². The first-order valence-electron chi connectivity index (χ1n) is 8.71. The number of rotatable bonds is 5. The monoisotopic (exact) mass is 423 g/mol. The molecule has 0 spiro atoms. The summed E-state index contributed by atoms with van der Waals surface area (Å²) in [6.45, 7) is 3.51. The van der Waals surface area contributed by atoms with Crippen LogP contribution in [0.15, 0.2) is 22.5 Å². The molecule has 0 bridgehead atoms. The molecule has 10 heteroatoms. The van der Waals surface area contributed by atoms with Gasteiger partial charge in [-0.05, 0) is 30.7 Å². The Bertz CT molecular complexity index is 951. The Morgan fingerprint density at radius 3 is 2.89 bits per heavy atom. The van der Waals surface area contributed by atoms with Crippen molar-refractivity contribution >= 4 is 60.8 Å². The van der Waals surface area contributed by atoms with Gasteiger partial charge in [-0.3, -0.25) is 4.79 Å². The third-order valence-corrected chi connectivity index (χ3v) is 7.33. The number of benzene rings is 1. The van der Waals surface area contributed by atoms with Crippen LogP contribution in [0.4, 0.5) is 14.7 Å². The lowest BCUT2D eigenvalue weighted by molar-refractivity contribution is -0.120. The number of nitrogens with zero attached hydrogens (tertiary/aromatic N) is 4. The number of carbonyl (C=O) groups excluding carboxylic acids is 1. The van der Waals surface area contributed by atoms with Crippen molar-refractivity contribution in [3.63, 3.8) is 0 Å². The molecule has 1 fully saturated rings. The van der Waals surface area contributed by atoms with Crippen molar-refractivity contribution < 1.29 is 9.18 Å². The Morgan fingerprint density at radius 1 is 1.33 bits per heavy atom. The van der Waals surface area contributed by atoms with Gasteiger partial charge in [-0.25, -0.2) is 9.37 Å². The summed E-state index contributed by atoms with van der Waals surface area (Å²) in [6.07, 6.45) is 1.47. The largest absolute Gasteiger partial charge is 0.348 e. The Hall–Kier alpha value is -1.78. The summed E-state index contributed by atoms with van der Waals surface area (Å²) in [7, 11) is 0. The fraction of sp³-hybridized carbons (Fsp3) is 0.412. The van der Waals surface area contributed by atoms with Crippen molar-refractivity contribution in [1.82, 2.24) is 15.2 Å². The van der Waals surface area contributed by atoms with E-state index in [4.69, 9.17) is 0 Å². The minimum atomic E-state index is -0.290. The molecule has 1 saturated heterocycles. The summed E-state index contributed by atoms with van der Waals surface area (Å²) < 4.78 is 15.6. The molecular formula is C17H18FN5OS3. The number of carbonyl (C=O) groups is 1. The maximum absolute atomic E-state index is 13.9. The molecule has 0 unspecified atom stereocenters. The highest BCUT2D eigenvalue weighted by atomic mass is 32.2. The summed E-state index contributed by atoms with van der Waals surface area (Å²) >= 11 is 4.51. The van der Waals surface area contributed by atoms with Crippen molar-refractivity contribution in [3.05, 3.63) is 24.0 Å². The van der Waals surface area contributed by atoms with Gasteiger partial charge in [0.15, 0.2) is 9.47 Å². The van der Waals surface area contributed by atoms with Crippen LogP contribution in [0.5, 0.6) is 0 Å². The Morgan fingerprint density at radius 2 is 2.15 bits per heavy atom. The predicted molar refractivity (Wildman–Crippen MR) is 109 cm³/mol. The van der Waals surface area contributed by atoms with Gasteiger partial charge in [-0.15, -0.1) is 10.2 Å². The molecule has 0 aliphatic carbocycles. The molecular weight excluding hydrogens is 405 g/mol. The van der Waals surface area contributed by atoms with Gasteiger partial charge in [0.05, 0.1) is 4.70 Å². The lowest BCUT2D eigenvalue weighted by atomic mass is 9.96. The van der Waals surface area contributed by atoms with Gasteiger partial charge in [0.1, 0.15) is 11.3 Å². The van der Waals surface area contributed by atoms with Crippen LogP contribution in [-0.2, 0) is 4.79 Å². The summed E-state index contributed by atoms with van der Waals surface area (Å²) in [5.74, 6) is 0.575. The number of thiazole rings is 1. The molecule has 1 aromatic carbocycles. The van der Waals surface area contributed by atoms with Crippen LogP contribution in [0, 0.1) is 11.7 Å². The maximum Gasteiger partial charge on any atom is 0.229 e. The van der Waals surface area contributed by atoms with E-state index >= 15 is 0 Å². The number of aromatic nitrogens is 3. The Labute approximate surface area is 168 Å². The maximum atomic E-state index is 13.9. The van der Waals surface area contributed by atoms with E-state index in [-0.39, 0.29) is 17.6 Å². The lowest BCUT2D eigenvalue weighted by Gasteiger charge is -2.30. The topological polar surface area (TPSA) is 71.0 Å². The van der Waals surface area contributed by atoms with E-state index in [0.29, 0.717) is 10.6 Å². The Balaban J connectivity index is 1.36. The molecule has 142 valence electrons. The molecule has 1 N–H and O–H groups in total. The molecule has 0 radical (unpaired) electrons. The smallest absolute Gasteiger partial charge is 0.229 e. The van der Waals surface area contributed by atoms with Crippen molar-refractivity contribution in [1.29, 1.82) is 0 Å². The molecule has 1 aliphatic rings. The van der Waals surface area contributed by atoms with E-state index in [2.05, 4.69) is 32.3 Å². The van der Waals surface area contributed by atoms with Crippen molar-refractivity contribution in [3.8, 4) is 0 Å². The standard InChI is InChI=1S/C17H18FN5OS3/c1-2-25-17-22-21-15(27-17)20-14(24)10-6-8-23(9-7-10)16-19-13-11(18)4-3-5-12(13)26-16/h3-5,10H,2,6-9H2,1H3,(H,20,21,24). The molecule has 2 aromatic heterocycles. The minimum absolute atomic E-state index is 0.00538. The molecule has 1 aliphatic heterocycles. The number of fused-ring (bicyclic) bond motifs is 1. The second-order valence-electron chi connectivity index (χ2n) is 6.14. The van der Waals surface area contributed by atoms with Gasteiger partial charge in [0, 0.05) is 19.0 Å². The predicted octanol–water partition coefficient (Wildman–Crippen LogP) is 4.25. The van der Waals surface area contributed by atoms with E-state index in [1.165, 1.54) is 28.7 Å². The number of amides is 1. The fourth-order valence-electron chi connectivity index (χ4n) is 3.02. The summed E-state index contributed by atoms with van der Waals surface area (Å²) in [6, 6.07) is 5.02. The number of hydrogen-bond acceptors (Lipinski definition) is 8. The molecule has 3 heterocycles. The third-order valence-electron chi connectivity index (χ3n) is 4.40. The average Bonchev–Trinajstić information content (AvgIpc) is 3.30. The van der Waals surface area contributed by atoms with Gasteiger partial charge in [-0.1, -0.05) is 47.4 Å². The van der Waals surface area contributed by atoms with Crippen LogP contribution in [0.1, 0.15) is 19.8 Å². The van der Waals surface area contributed by atoms with Gasteiger partial charge in [-0.2, -0.15) is 0 Å². The Kier molecular flexibility index (Phi) is 5.55. The first-order valence-corrected chi connectivity index (χ1v) is 11.3. The van der Waals surface area contributed by atoms with Gasteiger partial charge in [0.2, 0.25) is 11.0 Å². The van der Waals surface area contributed by atoms with Gasteiger partial charge >= 0.3 is 0 Å². The summed E-state index contributed by atoms with van der Waals surface area (Å²) in [5.41, 5.74) is 0.425. The van der Waals surface area contributed by atoms with Crippen molar-refractivity contribution in [2.75, 3.05) is 29.1 Å². The zero-order chi connectivity index (χ0) is 18.8. The number of thioether (sulfide) groups is 1. The highest BCUT2D eigenvalue weighted by molar-refractivity contribution is 8.01. The van der Waals surface area contributed by atoms with E-state index in [0.717, 1.165) is 45.9 Å². The SMILES string of the molecule is CCSc1nnc(NC(=O)C2CCN(c3nc4c(F)cccc4s3)CC2)s1. The highest BCUT2D eigenvalue weighted by Gasteiger charge is 2.27. The molecule has 0 atom stereocenters. The molecule has 1 amide bonds. The van der Waals surface area contributed by atoms with E-state index in [1.54, 1.807) is 17.8 Å². The van der Waals surface area contributed by atoms with Gasteiger partial charge in [0.25, 0.3) is 0 Å². The molecule has 3 aromatic rings. The normalized spacial score (nSPS) is 15.4. The van der Waals surface area contributed by atoms with Crippen LogP contribution in [0.25, 0.3) is 10.2 Å². The average molecular weight is 424 g/mol. The molecule has 27 heavy (non-hydrogen) atoms. The zero-order valence-corrected chi connectivity index (χ0v) is 17.1. The first kappa shape index (κ1) is 18.6. The van der Waals surface area contributed by atoms with Crippen LogP contribution < -0.4 is 10.2 Å². The molecule has 6 nitrogen and oxygen atoms in total. The number of piperidine rings is 1. The number of hydrogen-bond donors (Lipinski definition) is 1. The fourth-order valence-corrected chi connectivity index (χ4v) is 5.70. The number of halogens is 1. The zero-order valence-electron chi connectivity index (χ0n) is 14.6. The van der Waals surface area contributed by atoms with Crippen LogP contribution in [-0.4, -0.2) is 39.9 Å². The molecule has 4 rings (SSSR count). The van der Waals surface area contributed by atoms with Crippen molar-refractivity contribution in [2.45, 2.75) is 24.1 Å². The van der Waals surface area contributed by atoms with Crippen LogP contribution >= 0.6 is 34.4 Å². The van der Waals surface area contributed by atoms with Crippen molar-refractivity contribution in [2.24, 2.45) is 5.92 Å². The van der Waals surface area contributed by atoms with Crippen LogP contribution in [0.3, 0.4) is 0 Å². The highest BCUT2D eigenvalue weighted by Crippen LogP contribution is 2.33. The summed E-state index contributed by atoms with van der Waals surface area (Å²) in [4.78, 5) is 19.1. The third kappa shape index (κ3) is 4.07. The van der Waals surface area contributed by atoms with E-state index < -0.39 is 0 Å². The minimum Gasteiger partial charge on any atom is -0.348 e. The number of nitrogens with one attached hydrogen (secondary N) is 1. The molecule has 0 saturated carbocycles. The van der Waals surface area contributed by atoms with Gasteiger partial charge < -0.3 is 10.2 Å². The number of para-hydroxylation sites is 1. The lowest BCUT2D eigenvalue weighted by Crippen LogP contribution is -2.38. The number of anilines is 2.